The second-order valence-electron chi connectivity index (χ2n) is 5.35. The van der Waals surface area contributed by atoms with Crippen molar-refractivity contribution in [3.8, 4) is 0 Å². The number of carbonyl (C=O) groups excluding carboxylic acids is 1. The van der Waals surface area contributed by atoms with E-state index in [2.05, 4.69) is 24.4 Å². The van der Waals surface area contributed by atoms with Gasteiger partial charge in [-0.3, -0.25) is 9.69 Å². The number of rotatable bonds is 6. The summed E-state index contributed by atoms with van der Waals surface area (Å²) in [6.07, 6.45) is 2.53. The Morgan fingerprint density at radius 3 is 2.67 bits per heavy atom. The first-order valence-electron chi connectivity index (χ1n) is 6.67. The Morgan fingerprint density at radius 2 is 2.06 bits per heavy atom. The topological polar surface area (TPSA) is 32.3 Å². The maximum Gasteiger partial charge on any atom is 0.234 e. The zero-order chi connectivity index (χ0) is 13.0. The summed E-state index contributed by atoms with van der Waals surface area (Å²) in [7, 11) is 1.98. The van der Waals surface area contributed by atoms with Crippen molar-refractivity contribution in [1.29, 1.82) is 0 Å². The molecule has 1 aliphatic carbocycles. The van der Waals surface area contributed by atoms with Crippen molar-refractivity contribution in [2.45, 2.75) is 32.4 Å². The van der Waals surface area contributed by atoms with Crippen LogP contribution in [0.3, 0.4) is 0 Å². The van der Waals surface area contributed by atoms with Crippen molar-refractivity contribution in [2.24, 2.45) is 5.92 Å². The first-order valence-corrected chi connectivity index (χ1v) is 6.67. The molecule has 3 heteroatoms. The lowest BCUT2D eigenvalue weighted by Gasteiger charge is -2.18. The average Bonchev–Trinajstić information content (AvgIpc) is 3.13. The third kappa shape index (κ3) is 4.15. The van der Waals surface area contributed by atoms with Gasteiger partial charge < -0.3 is 5.32 Å². The zero-order valence-electron chi connectivity index (χ0n) is 11.2. The Morgan fingerprint density at radius 1 is 1.39 bits per heavy atom. The molecule has 1 atom stereocenters. The van der Waals surface area contributed by atoms with E-state index < -0.39 is 0 Å². The number of likely N-dealkylation sites (N-methyl/N-ethyl adjacent to an activating group) is 1. The normalized spacial score (nSPS) is 16.6. The lowest BCUT2D eigenvalue weighted by molar-refractivity contribution is -0.122. The summed E-state index contributed by atoms with van der Waals surface area (Å²) in [5.41, 5.74) is 1.24. The predicted octanol–water partition coefficient (Wildman–Crippen LogP) is 2.03. The Labute approximate surface area is 109 Å². The summed E-state index contributed by atoms with van der Waals surface area (Å²) in [5.74, 6) is 0.848. The Hall–Kier alpha value is -1.35. The summed E-state index contributed by atoms with van der Waals surface area (Å²) >= 11 is 0. The summed E-state index contributed by atoms with van der Waals surface area (Å²) in [6.45, 7) is 3.38. The fraction of sp³-hybridized carbons (Fsp3) is 0.533. The highest BCUT2D eigenvalue weighted by Gasteiger charge is 2.28. The molecule has 1 saturated carbocycles. The monoisotopic (exact) mass is 246 g/mol. The Kier molecular flexibility index (Phi) is 4.37. The molecule has 0 heterocycles. The van der Waals surface area contributed by atoms with Gasteiger partial charge in [0.1, 0.15) is 0 Å². The van der Waals surface area contributed by atoms with Crippen LogP contribution in [0.2, 0.25) is 0 Å². The van der Waals surface area contributed by atoms with E-state index in [-0.39, 0.29) is 5.91 Å². The molecule has 0 aliphatic heterocycles. The minimum atomic E-state index is 0.132. The van der Waals surface area contributed by atoms with Crippen molar-refractivity contribution < 1.29 is 4.79 Å². The van der Waals surface area contributed by atoms with Gasteiger partial charge in [-0.05, 0) is 38.3 Å². The van der Waals surface area contributed by atoms with Gasteiger partial charge >= 0.3 is 0 Å². The minimum Gasteiger partial charge on any atom is -0.352 e. The number of amides is 1. The van der Waals surface area contributed by atoms with E-state index in [1.165, 1.54) is 18.4 Å². The van der Waals surface area contributed by atoms with Gasteiger partial charge in [-0.15, -0.1) is 0 Å². The fourth-order valence-corrected chi connectivity index (χ4v) is 2.21. The smallest absolute Gasteiger partial charge is 0.234 e. The highest BCUT2D eigenvalue weighted by atomic mass is 16.2. The quantitative estimate of drug-likeness (QED) is 0.833. The van der Waals surface area contributed by atoms with Crippen LogP contribution in [0.5, 0.6) is 0 Å². The molecule has 0 aromatic heterocycles. The van der Waals surface area contributed by atoms with Crippen LogP contribution in [0.4, 0.5) is 0 Å². The van der Waals surface area contributed by atoms with Gasteiger partial charge in [-0.1, -0.05) is 30.3 Å². The highest BCUT2D eigenvalue weighted by molar-refractivity contribution is 5.78. The molecule has 1 aliphatic rings. The molecule has 3 nitrogen and oxygen atoms in total. The lowest BCUT2D eigenvalue weighted by atomic mass is 10.2. The molecular formula is C15H22N2O. The van der Waals surface area contributed by atoms with E-state index >= 15 is 0 Å². The molecule has 0 bridgehead atoms. The van der Waals surface area contributed by atoms with E-state index in [1.807, 2.05) is 30.1 Å². The van der Waals surface area contributed by atoms with Gasteiger partial charge in [0.25, 0.3) is 0 Å². The predicted molar refractivity (Wildman–Crippen MR) is 73.1 cm³/mol. The number of nitrogens with one attached hydrogen (secondary N) is 1. The van der Waals surface area contributed by atoms with Crippen LogP contribution in [0.25, 0.3) is 0 Å². The number of carbonyl (C=O) groups is 1. The SMILES string of the molecule is CC(NC(=O)CN(C)Cc1ccccc1)C1CC1. The average molecular weight is 246 g/mol. The molecule has 1 amide bonds. The molecule has 1 fully saturated rings. The van der Waals surface area contributed by atoms with Gasteiger partial charge in [0.2, 0.25) is 5.91 Å². The van der Waals surface area contributed by atoms with Crippen LogP contribution in [0.1, 0.15) is 25.3 Å². The van der Waals surface area contributed by atoms with Crippen molar-refractivity contribution in [3.05, 3.63) is 35.9 Å². The van der Waals surface area contributed by atoms with Crippen LogP contribution in [0, 0.1) is 5.92 Å². The van der Waals surface area contributed by atoms with Gasteiger partial charge in [-0.25, -0.2) is 0 Å². The van der Waals surface area contributed by atoms with Gasteiger partial charge in [0.05, 0.1) is 6.54 Å². The van der Waals surface area contributed by atoms with E-state index in [4.69, 9.17) is 0 Å². The summed E-state index contributed by atoms with van der Waals surface area (Å²) in [5, 5.41) is 3.08. The Balaban J connectivity index is 1.73. The second kappa shape index (κ2) is 6.01. The van der Waals surface area contributed by atoms with E-state index in [1.54, 1.807) is 0 Å². The van der Waals surface area contributed by atoms with Crippen molar-refractivity contribution in [3.63, 3.8) is 0 Å². The van der Waals surface area contributed by atoms with E-state index in [0.29, 0.717) is 18.5 Å². The summed E-state index contributed by atoms with van der Waals surface area (Å²) in [4.78, 5) is 13.9. The van der Waals surface area contributed by atoms with Crippen LogP contribution >= 0.6 is 0 Å². The van der Waals surface area contributed by atoms with E-state index in [9.17, 15) is 4.79 Å². The maximum atomic E-state index is 11.8. The largest absolute Gasteiger partial charge is 0.352 e. The molecule has 2 rings (SSSR count). The number of hydrogen-bond acceptors (Lipinski definition) is 2. The molecule has 1 aromatic rings. The summed E-state index contributed by atoms with van der Waals surface area (Å²) in [6, 6.07) is 10.6. The van der Waals surface area contributed by atoms with Crippen LogP contribution < -0.4 is 5.32 Å². The highest BCUT2D eigenvalue weighted by Crippen LogP contribution is 2.32. The number of benzene rings is 1. The van der Waals surface area contributed by atoms with Crippen molar-refractivity contribution in [1.82, 2.24) is 10.2 Å². The zero-order valence-corrected chi connectivity index (χ0v) is 11.2. The van der Waals surface area contributed by atoms with Crippen molar-refractivity contribution >= 4 is 5.91 Å². The molecule has 1 N–H and O–H groups in total. The van der Waals surface area contributed by atoms with E-state index in [0.717, 1.165) is 6.54 Å². The van der Waals surface area contributed by atoms with Gasteiger partial charge in [-0.2, -0.15) is 0 Å². The molecule has 1 aromatic carbocycles. The number of nitrogens with zero attached hydrogens (tertiary/aromatic N) is 1. The molecule has 18 heavy (non-hydrogen) atoms. The van der Waals surface area contributed by atoms with Crippen LogP contribution in [-0.2, 0) is 11.3 Å². The molecule has 0 spiro atoms. The summed E-state index contributed by atoms with van der Waals surface area (Å²) < 4.78 is 0. The van der Waals surface area contributed by atoms with Crippen molar-refractivity contribution in [2.75, 3.05) is 13.6 Å². The lowest BCUT2D eigenvalue weighted by Crippen LogP contribution is -2.40. The molecule has 0 radical (unpaired) electrons. The first-order chi connectivity index (χ1) is 8.65. The van der Waals surface area contributed by atoms with Gasteiger partial charge in [0, 0.05) is 12.6 Å². The fourth-order valence-electron chi connectivity index (χ4n) is 2.21. The Bertz CT molecular complexity index is 387. The second-order valence-corrected chi connectivity index (χ2v) is 5.35. The van der Waals surface area contributed by atoms with Crippen LogP contribution in [0.15, 0.2) is 30.3 Å². The van der Waals surface area contributed by atoms with Crippen LogP contribution in [-0.4, -0.2) is 30.4 Å². The molecule has 0 saturated heterocycles. The van der Waals surface area contributed by atoms with Gasteiger partial charge in [0.15, 0.2) is 0 Å². The standard InChI is InChI=1S/C15H22N2O/c1-12(14-8-9-14)16-15(18)11-17(2)10-13-6-4-3-5-7-13/h3-7,12,14H,8-11H2,1-2H3,(H,16,18). The molecule has 98 valence electrons. The number of hydrogen-bond donors (Lipinski definition) is 1. The minimum absolute atomic E-state index is 0.132. The molecule has 1 unspecified atom stereocenters. The maximum absolute atomic E-state index is 11.8. The molecular weight excluding hydrogens is 224 g/mol. The third-order valence-corrected chi connectivity index (χ3v) is 3.43. The third-order valence-electron chi connectivity index (χ3n) is 3.43. The first kappa shape index (κ1) is 13.1.